The van der Waals surface area contributed by atoms with E-state index in [1.54, 1.807) is 11.3 Å². The van der Waals surface area contributed by atoms with Gasteiger partial charge in [0.05, 0.1) is 10.0 Å². The lowest BCUT2D eigenvalue weighted by Gasteiger charge is -2.33. The van der Waals surface area contributed by atoms with Crippen LogP contribution in [0.3, 0.4) is 0 Å². The quantitative estimate of drug-likeness (QED) is 0.596. The number of fused-ring (bicyclic) bond motifs is 1. The Morgan fingerprint density at radius 3 is 2.93 bits per heavy atom. The Kier molecular flexibility index (Phi) is 1.69. The van der Waals surface area contributed by atoms with Crippen molar-refractivity contribution in [2.75, 3.05) is 13.1 Å². The van der Waals surface area contributed by atoms with Gasteiger partial charge in [-0.3, -0.25) is 0 Å². The molecule has 1 fully saturated rings. The number of hydrogen-bond acceptors (Lipinski definition) is 4. The van der Waals surface area contributed by atoms with Gasteiger partial charge < -0.3 is 11.1 Å². The number of thiazole rings is 1. The summed E-state index contributed by atoms with van der Waals surface area (Å²) in [7, 11) is 0. The number of aromatic nitrogens is 1. The van der Waals surface area contributed by atoms with Gasteiger partial charge in [-0.15, -0.1) is 11.3 Å². The van der Waals surface area contributed by atoms with E-state index in [0.29, 0.717) is 0 Å². The Hall–Kier alpha value is -0.870. The van der Waals surface area contributed by atoms with E-state index in [1.165, 1.54) is 4.53 Å². The predicted octanol–water partition coefficient (Wildman–Crippen LogP) is -0.626. The lowest BCUT2D eigenvalue weighted by atomic mass is 9.78. The first-order valence-corrected chi connectivity index (χ1v) is 5.83. The molecule has 2 heterocycles. The zero-order chi connectivity index (χ0) is 9.60. The molecule has 2 aliphatic rings. The van der Waals surface area contributed by atoms with E-state index in [1.807, 2.05) is 5.51 Å². The van der Waals surface area contributed by atoms with Gasteiger partial charge >= 0.3 is 0 Å². The van der Waals surface area contributed by atoms with Crippen molar-refractivity contribution in [3.8, 4) is 0 Å². The zero-order valence-corrected chi connectivity index (χ0v) is 8.73. The van der Waals surface area contributed by atoms with E-state index in [2.05, 4.69) is 16.4 Å². The van der Waals surface area contributed by atoms with E-state index in [0.717, 1.165) is 37.0 Å². The molecule has 0 aromatic carbocycles. The molecule has 3 N–H and O–H groups in total. The highest BCUT2D eigenvalue weighted by molar-refractivity contribution is 7.07. The monoisotopic (exact) mass is 207 g/mol. The van der Waals surface area contributed by atoms with Gasteiger partial charge in [0.1, 0.15) is 5.35 Å². The lowest BCUT2D eigenvalue weighted by Crippen LogP contribution is -2.38. The van der Waals surface area contributed by atoms with Crippen LogP contribution in [0.15, 0.2) is 5.51 Å². The lowest BCUT2D eigenvalue weighted by molar-refractivity contribution is 0.373. The molecule has 14 heavy (non-hydrogen) atoms. The first-order chi connectivity index (χ1) is 6.82. The van der Waals surface area contributed by atoms with Gasteiger partial charge in [0.2, 0.25) is 0 Å². The number of hydrogen-bond donors (Lipinski definition) is 2. The van der Waals surface area contributed by atoms with Gasteiger partial charge in [0.25, 0.3) is 0 Å². The topological polar surface area (TPSA) is 50.9 Å². The highest BCUT2D eigenvalue weighted by Gasteiger charge is 2.36. The summed E-state index contributed by atoms with van der Waals surface area (Å²) < 4.78 is 1.27. The van der Waals surface area contributed by atoms with Crippen LogP contribution in [0.5, 0.6) is 0 Å². The second-order valence-corrected chi connectivity index (χ2v) is 4.92. The highest BCUT2D eigenvalue weighted by atomic mass is 32.1. The average molecular weight is 207 g/mol. The molecule has 0 bridgehead atoms. The van der Waals surface area contributed by atoms with Crippen LogP contribution in [0.2, 0.25) is 0 Å². The SMILES string of the molecule is NC1=c2ncsc2=CC12CCNCC2. The number of nitrogens with two attached hydrogens (primary N) is 1. The van der Waals surface area contributed by atoms with Crippen molar-refractivity contribution >= 4 is 23.1 Å². The van der Waals surface area contributed by atoms with E-state index in [9.17, 15) is 0 Å². The van der Waals surface area contributed by atoms with Gasteiger partial charge in [-0.2, -0.15) is 0 Å². The fourth-order valence-electron chi connectivity index (χ4n) is 2.41. The summed E-state index contributed by atoms with van der Waals surface area (Å²) in [6.07, 6.45) is 4.56. The van der Waals surface area contributed by atoms with Gasteiger partial charge in [-0.1, -0.05) is 6.08 Å². The number of piperidine rings is 1. The van der Waals surface area contributed by atoms with Crippen molar-refractivity contribution in [1.82, 2.24) is 10.3 Å². The van der Waals surface area contributed by atoms with Crippen LogP contribution >= 0.6 is 11.3 Å². The van der Waals surface area contributed by atoms with Crippen LogP contribution in [0, 0.1) is 5.41 Å². The molecule has 0 amide bonds. The summed E-state index contributed by atoms with van der Waals surface area (Å²) in [5, 5.41) is 4.41. The molecule has 0 unspecified atom stereocenters. The normalized spacial score (nSPS) is 23.6. The van der Waals surface area contributed by atoms with Crippen LogP contribution in [0.25, 0.3) is 11.8 Å². The number of nitrogens with zero attached hydrogens (tertiary/aromatic N) is 1. The molecule has 1 saturated heterocycles. The van der Waals surface area contributed by atoms with Crippen molar-refractivity contribution in [3.05, 3.63) is 15.4 Å². The third-order valence-electron chi connectivity index (χ3n) is 3.29. The summed E-state index contributed by atoms with van der Waals surface area (Å²) in [6, 6.07) is 0. The van der Waals surface area contributed by atoms with Crippen molar-refractivity contribution in [1.29, 1.82) is 0 Å². The molecular formula is C10H13N3S. The summed E-state index contributed by atoms with van der Waals surface area (Å²) in [5.41, 5.74) is 9.20. The maximum atomic E-state index is 6.20. The Morgan fingerprint density at radius 2 is 2.21 bits per heavy atom. The number of nitrogens with one attached hydrogen (secondary N) is 1. The van der Waals surface area contributed by atoms with Crippen LogP contribution < -0.4 is 20.9 Å². The minimum Gasteiger partial charge on any atom is -0.400 e. The smallest absolute Gasteiger partial charge is 0.100 e. The molecule has 0 radical (unpaired) electrons. The second-order valence-electron chi connectivity index (χ2n) is 4.03. The van der Waals surface area contributed by atoms with Gasteiger partial charge in [-0.05, 0) is 25.9 Å². The van der Waals surface area contributed by atoms with Crippen molar-refractivity contribution in [2.45, 2.75) is 12.8 Å². The molecule has 3 rings (SSSR count). The van der Waals surface area contributed by atoms with Crippen LogP contribution in [0.4, 0.5) is 0 Å². The molecule has 3 nitrogen and oxygen atoms in total. The fraction of sp³-hybridized carbons (Fsp3) is 0.500. The highest BCUT2D eigenvalue weighted by Crippen LogP contribution is 2.37. The van der Waals surface area contributed by atoms with E-state index < -0.39 is 0 Å². The Labute approximate surface area is 86.3 Å². The maximum Gasteiger partial charge on any atom is 0.100 e. The van der Waals surface area contributed by atoms with Gasteiger partial charge in [-0.25, -0.2) is 4.98 Å². The van der Waals surface area contributed by atoms with Gasteiger partial charge in [0, 0.05) is 11.1 Å². The Morgan fingerprint density at radius 1 is 1.43 bits per heavy atom. The van der Waals surface area contributed by atoms with Crippen LogP contribution in [-0.4, -0.2) is 18.1 Å². The molecule has 1 aromatic rings. The summed E-state index contributed by atoms with van der Waals surface area (Å²) in [6.45, 7) is 2.12. The largest absolute Gasteiger partial charge is 0.400 e. The molecule has 1 aromatic heterocycles. The molecule has 4 heteroatoms. The maximum absolute atomic E-state index is 6.20. The molecule has 0 saturated carbocycles. The first kappa shape index (κ1) is 8.44. The van der Waals surface area contributed by atoms with E-state index in [-0.39, 0.29) is 5.41 Å². The molecule has 0 atom stereocenters. The summed E-state index contributed by atoms with van der Waals surface area (Å²) in [5.74, 6) is 0. The van der Waals surface area contributed by atoms with Gasteiger partial charge in [0.15, 0.2) is 0 Å². The van der Waals surface area contributed by atoms with E-state index >= 15 is 0 Å². The van der Waals surface area contributed by atoms with Crippen molar-refractivity contribution in [3.63, 3.8) is 0 Å². The molecule has 1 spiro atoms. The third-order valence-corrected chi connectivity index (χ3v) is 4.07. The minimum absolute atomic E-state index is 0.126. The Balaban J connectivity index is 2.17. The molecule has 74 valence electrons. The standard InChI is InChI=1S/C10H13N3S/c11-9-8-7(14-6-13-8)5-10(9)1-3-12-4-2-10/h5-6,12H,1-4,11H2. The third kappa shape index (κ3) is 0.980. The minimum atomic E-state index is 0.126. The first-order valence-electron chi connectivity index (χ1n) is 4.95. The number of rotatable bonds is 0. The van der Waals surface area contributed by atoms with Crippen LogP contribution in [0.1, 0.15) is 12.8 Å². The summed E-state index contributed by atoms with van der Waals surface area (Å²) in [4.78, 5) is 4.33. The molecular weight excluding hydrogens is 194 g/mol. The van der Waals surface area contributed by atoms with Crippen LogP contribution in [-0.2, 0) is 0 Å². The Bertz CT molecular complexity index is 468. The second kappa shape index (κ2) is 2.81. The average Bonchev–Trinajstić information content (AvgIpc) is 2.73. The summed E-state index contributed by atoms with van der Waals surface area (Å²) >= 11 is 1.70. The molecule has 1 aliphatic carbocycles. The van der Waals surface area contributed by atoms with Crippen molar-refractivity contribution in [2.24, 2.45) is 11.1 Å². The van der Waals surface area contributed by atoms with E-state index in [4.69, 9.17) is 5.73 Å². The fourth-order valence-corrected chi connectivity index (χ4v) is 3.25. The van der Waals surface area contributed by atoms with Crippen molar-refractivity contribution < 1.29 is 0 Å². The predicted molar refractivity (Wildman–Crippen MR) is 58.0 cm³/mol. The molecule has 1 aliphatic heterocycles. The zero-order valence-electron chi connectivity index (χ0n) is 7.92.